The number of nitrogens with zero attached hydrogens (tertiary/aromatic N) is 1. The maximum absolute atomic E-state index is 12.8. The largest absolute Gasteiger partial charge is 0.456 e. The standard InChI is InChI=1S/C21H28N2O4/c1-20(2,3)27-18(25)15-6-8-16(9-7-15)23-13-11-21(14-17(23)24)10-4-5-12-22-19(21)26/h6-9H,4-5,10-14H2,1-3H3,(H,22,26). The maximum Gasteiger partial charge on any atom is 0.338 e. The summed E-state index contributed by atoms with van der Waals surface area (Å²) in [7, 11) is 0. The second-order valence-corrected chi connectivity index (χ2v) is 8.51. The van der Waals surface area contributed by atoms with Gasteiger partial charge in [0.1, 0.15) is 5.60 Å². The Morgan fingerprint density at radius 3 is 2.44 bits per heavy atom. The molecule has 146 valence electrons. The van der Waals surface area contributed by atoms with E-state index in [-0.39, 0.29) is 24.2 Å². The molecule has 1 unspecified atom stereocenters. The number of ether oxygens (including phenoxy) is 1. The van der Waals surface area contributed by atoms with Crippen molar-refractivity contribution in [3.8, 4) is 0 Å². The first-order valence-corrected chi connectivity index (χ1v) is 9.62. The second-order valence-electron chi connectivity index (χ2n) is 8.51. The SMILES string of the molecule is CC(C)(C)OC(=O)c1ccc(N2CCC3(CCCCNC3=O)CC2=O)cc1. The van der Waals surface area contributed by atoms with Gasteiger partial charge in [0.2, 0.25) is 11.8 Å². The molecular weight excluding hydrogens is 344 g/mol. The van der Waals surface area contributed by atoms with Crippen LogP contribution in [0, 0.1) is 5.41 Å². The lowest BCUT2D eigenvalue weighted by atomic mass is 9.74. The van der Waals surface area contributed by atoms with E-state index in [0.29, 0.717) is 25.1 Å². The minimum Gasteiger partial charge on any atom is -0.456 e. The predicted octanol–water partition coefficient (Wildman–Crippen LogP) is 3.06. The summed E-state index contributed by atoms with van der Waals surface area (Å²) in [6.45, 7) is 6.68. The lowest BCUT2D eigenvalue weighted by Crippen LogP contribution is -2.50. The van der Waals surface area contributed by atoms with Crippen LogP contribution in [0.25, 0.3) is 0 Å². The van der Waals surface area contributed by atoms with E-state index in [0.717, 1.165) is 24.9 Å². The molecule has 1 atom stereocenters. The number of hydrogen-bond donors (Lipinski definition) is 1. The second kappa shape index (κ2) is 7.33. The minimum absolute atomic E-state index is 0.0215. The third-order valence-electron chi connectivity index (χ3n) is 5.27. The fourth-order valence-electron chi connectivity index (χ4n) is 3.81. The first-order chi connectivity index (χ1) is 12.7. The molecule has 27 heavy (non-hydrogen) atoms. The molecule has 0 radical (unpaired) electrons. The number of rotatable bonds is 2. The number of carbonyl (C=O) groups excluding carboxylic acids is 3. The van der Waals surface area contributed by atoms with Gasteiger partial charge < -0.3 is 15.0 Å². The van der Waals surface area contributed by atoms with Gasteiger partial charge in [-0.3, -0.25) is 9.59 Å². The predicted molar refractivity (Wildman–Crippen MR) is 102 cm³/mol. The first-order valence-electron chi connectivity index (χ1n) is 9.62. The van der Waals surface area contributed by atoms with E-state index >= 15 is 0 Å². The molecule has 2 amide bonds. The lowest BCUT2D eigenvalue weighted by molar-refractivity contribution is -0.137. The van der Waals surface area contributed by atoms with Crippen molar-refractivity contribution in [1.82, 2.24) is 5.32 Å². The van der Waals surface area contributed by atoms with Crippen molar-refractivity contribution in [2.45, 2.75) is 58.5 Å². The van der Waals surface area contributed by atoms with Crippen LogP contribution in [0.2, 0.25) is 0 Å². The van der Waals surface area contributed by atoms with Crippen LogP contribution in [-0.4, -0.2) is 36.5 Å². The van der Waals surface area contributed by atoms with E-state index in [1.807, 2.05) is 20.8 Å². The van der Waals surface area contributed by atoms with Gasteiger partial charge in [-0.05, 0) is 64.3 Å². The van der Waals surface area contributed by atoms with E-state index in [1.165, 1.54) is 0 Å². The minimum atomic E-state index is -0.555. The molecule has 6 nitrogen and oxygen atoms in total. The topological polar surface area (TPSA) is 75.7 Å². The van der Waals surface area contributed by atoms with Crippen molar-refractivity contribution >= 4 is 23.5 Å². The van der Waals surface area contributed by atoms with Crippen LogP contribution < -0.4 is 10.2 Å². The van der Waals surface area contributed by atoms with Gasteiger partial charge in [0.15, 0.2) is 0 Å². The van der Waals surface area contributed by atoms with Crippen LogP contribution in [0.15, 0.2) is 24.3 Å². The molecule has 0 bridgehead atoms. The average Bonchev–Trinajstić information content (AvgIpc) is 2.76. The number of esters is 1. The third-order valence-corrected chi connectivity index (χ3v) is 5.27. The van der Waals surface area contributed by atoms with E-state index < -0.39 is 11.0 Å². The zero-order valence-electron chi connectivity index (χ0n) is 16.3. The van der Waals surface area contributed by atoms with Gasteiger partial charge in [0.05, 0.1) is 11.0 Å². The molecule has 0 aromatic heterocycles. The van der Waals surface area contributed by atoms with Gasteiger partial charge in [-0.1, -0.05) is 6.42 Å². The summed E-state index contributed by atoms with van der Waals surface area (Å²) >= 11 is 0. The van der Waals surface area contributed by atoms with Crippen LogP contribution in [-0.2, 0) is 14.3 Å². The van der Waals surface area contributed by atoms with Crippen molar-refractivity contribution in [2.24, 2.45) is 5.41 Å². The smallest absolute Gasteiger partial charge is 0.338 e. The summed E-state index contributed by atoms with van der Waals surface area (Å²) in [6, 6.07) is 6.89. The van der Waals surface area contributed by atoms with Crippen molar-refractivity contribution in [3.63, 3.8) is 0 Å². The number of piperidine rings is 1. The molecule has 1 aromatic rings. The Kier molecular flexibility index (Phi) is 5.27. The highest BCUT2D eigenvalue weighted by molar-refractivity contribution is 5.99. The van der Waals surface area contributed by atoms with Crippen molar-refractivity contribution in [3.05, 3.63) is 29.8 Å². The van der Waals surface area contributed by atoms with Crippen molar-refractivity contribution in [1.29, 1.82) is 0 Å². The van der Waals surface area contributed by atoms with Crippen LogP contribution in [0.5, 0.6) is 0 Å². The number of anilines is 1. The van der Waals surface area contributed by atoms with Crippen molar-refractivity contribution < 1.29 is 19.1 Å². The van der Waals surface area contributed by atoms with E-state index in [4.69, 9.17) is 4.74 Å². The molecule has 2 fully saturated rings. The Morgan fingerprint density at radius 1 is 1.11 bits per heavy atom. The molecule has 2 saturated heterocycles. The number of benzene rings is 1. The Hall–Kier alpha value is -2.37. The highest BCUT2D eigenvalue weighted by atomic mass is 16.6. The maximum atomic E-state index is 12.8. The normalized spacial score (nSPS) is 23.7. The Bertz CT molecular complexity index is 736. The molecular formula is C21H28N2O4. The number of hydrogen-bond acceptors (Lipinski definition) is 4. The highest BCUT2D eigenvalue weighted by Crippen LogP contribution is 2.40. The molecule has 1 aromatic carbocycles. The third kappa shape index (κ3) is 4.31. The summed E-state index contributed by atoms with van der Waals surface area (Å²) in [5.74, 6) is -0.398. The molecule has 1 spiro atoms. The summed E-state index contributed by atoms with van der Waals surface area (Å²) in [5.41, 5.74) is 0.0983. The molecule has 1 N–H and O–H groups in total. The van der Waals surface area contributed by atoms with E-state index in [2.05, 4.69) is 5.32 Å². The van der Waals surface area contributed by atoms with Gasteiger partial charge in [-0.15, -0.1) is 0 Å². The van der Waals surface area contributed by atoms with Crippen LogP contribution in [0.4, 0.5) is 5.69 Å². The van der Waals surface area contributed by atoms with Gasteiger partial charge in [0.25, 0.3) is 0 Å². The molecule has 2 heterocycles. The molecule has 0 saturated carbocycles. The fourth-order valence-corrected chi connectivity index (χ4v) is 3.81. The average molecular weight is 372 g/mol. The quantitative estimate of drug-likeness (QED) is 0.810. The zero-order valence-corrected chi connectivity index (χ0v) is 16.3. The van der Waals surface area contributed by atoms with E-state index in [1.54, 1.807) is 29.2 Å². The summed E-state index contributed by atoms with van der Waals surface area (Å²) in [5, 5.41) is 2.96. The molecule has 0 aliphatic carbocycles. The van der Waals surface area contributed by atoms with Crippen LogP contribution in [0.3, 0.4) is 0 Å². The molecule has 2 aliphatic rings. The molecule has 6 heteroatoms. The summed E-state index contributed by atoms with van der Waals surface area (Å²) in [4.78, 5) is 39.1. The Morgan fingerprint density at radius 2 is 1.81 bits per heavy atom. The van der Waals surface area contributed by atoms with Gasteiger partial charge in [0, 0.05) is 25.2 Å². The first kappa shape index (κ1) is 19.4. The Balaban J connectivity index is 1.70. The number of amides is 2. The van der Waals surface area contributed by atoms with Crippen molar-refractivity contribution in [2.75, 3.05) is 18.0 Å². The lowest BCUT2D eigenvalue weighted by Gasteiger charge is -2.39. The zero-order chi connectivity index (χ0) is 19.7. The van der Waals surface area contributed by atoms with E-state index in [9.17, 15) is 14.4 Å². The van der Waals surface area contributed by atoms with Gasteiger partial charge in [-0.2, -0.15) is 0 Å². The highest BCUT2D eigenvalue weighted by Gasteiger charge is 2.45. The van der Waals surface area contributed by atoms with Gasteiger partial charge >= 0.3 is 5.97 Å². The fraction of sp³-hybridized carbons (Fsp3) is 0.571. The molecule has 3 rings (SSSR count). The van der Waals surface area contributed by atoms with Crippen LogP contribution >= 0.6 is 0 Å². The monoisotopic (exact) mass is 372 g/mol. The molecule has 2 aliphatic heterocycles. The van der Waals surface area contributed by atoms with Gasteiger partial charge in [-0.25, -0.2) is 4.79 Å². The number of carbonyl (C=O) groups is 3. The summed E-state index contributed by atoms with van der Waals surface area (Å²) in [6.07, 6.45) is 3.62. The van der Waals surface area contributed by atoms with Crippen LogP contribution in [0.1, 0.15) is 63.2 Å². The number of nitrogens with one attached hydrogen (secondary N) is 1. The summed E-state index contributed by atoms with van der Waals surface area (Å²) < 4.78 is 5.37. The Labute approximate surface area is 160 Å².